The van der Waals surface area contributed by atoms with Crippen molar-refractivity contribution in [1.29, 1.82) is 5.26 Å². The molecule has 1 aromatic heterocycles. The molecule has 0 aliphatic carbocycles. The highest BCUT2D eigenvalue weighted by Crippen LogP contribution is 2.33. The van der Waals surface area contributed by atoms with Crippen LogP contribution in [-0.2, 0) is 34.0 Å². The van der Waals surface area contributed by atoms with Crippen LogP contribution in [0.4, 0.5) is 15.3 Å². The molecule has 1 saturated heterocycles. The van der Waals surface area contributed by atoms with Crippen molar-refractivity contribution in [2.75, 3.05) is 18.9 Å². The lowest BCUT2D eigenvalue weighted by Crippen LogP contribution is -2.47. The van der Waals surface area contributed by atoms with Gasteiger partial charge in [-0.05, 0) is 113 Å². The Labute approximate surface area is 376 Å². The van der Waals surface area contributed by atoms with Gasteiger partial charge in [-0.2, -0.15) is 5.26 Å². The molecular weight excluding hydrogens is 818 g/mol. The minimum absolute atomic E-state index is 0.0793. The highest BCUT2D eigenvalue weighted by atomic mass is 35.5. The van der Waals surface area contributed by atoms with Crippen LogP contribution in [0.25, 0.3) is 11.4 Å². The van der Waals surface area contributed by atoms with Gasteiger partial charge in [-0.15, -0.1) is 0 Å². The summed E-state index contributed by atoms with van der Waals surface area (Å²) in [4.78, 5) is 64.1. The number of anilines is 1. The minimum atomic E-state index is -1.02. The van der Waals surface area contributed by atoms with E-state index in [4.69, 9.17) is 26.1 Å². The number of nitrogens with one attached hydrogen (secondary N) is 1. The average Bonchev–Trinajstić information content (AvgIpc) is 3.90. The molecule has 2 atom stereocenters. The van der Waals surface area contributed by atoms with E-state index in [1.807, 2.05) is 60.2 Å². The van der Waals surface area contributed by atoms with Gasteiger partial charge in [-0.25, -0.2) is 14.6 Å². The maximum Gasteiger partial charge on any atom is 0.410 e. The Hall–Kier alpha value is -6.13. The van der Waals surface area contributed by atoms with Crippen molar-refractivity contribution in [3.63, 3.8) is 0 Å². The number of halogens is 1. The van der Waals surface area contributed by atoms with E-state index in [2.05, 4.69) is 32.2 Å². The Bertz CT molecular complexity index is 2340. The summed E-state index contributed by atoms with van der Waals surface area (Å²) in [6.07, 6.45) is 5.36. The van der Waals surface area contributed by atoms with Gasteiger partial charge in [0.2, 0.25) is 0 Å². The molecule has 4 aromatic rings. The SMILES string of the molecule is C[C@H](N(Cc1ccc(NC(=O)c2ccc(Cl)cc2)c(-c2nccn2CC2CCCN2C(=O)C(C#N)=CC(C)(C)N(C)C(=O)OC(C)(C)C)c1)C(=O)OCc1ccccc1)C(C)(C)C. The first-order valence-electron chi connectivity index (χ1n) is 21.2. The molecule has 5 rings (SSSR count). The Morgan fingerprint density at radius 3 is 2.29 bits per heavy atom. The summed E-state index contributed by atoms with van der Waals surface area (Å²) >= 11 is 6.12. The maximum atomic E-state index is 14.1. The number of ether oxygens (including phenoxy) is 2. The Balaban J connectivity index is 1.47. The van der Waals surface area contributed by atoms with Gasteiger partial charge in [-0.3, -0.25) is 9.59 Å². The standard InChI is InChI=1S/C49H60ClN7O6/c1-33(47(2,3)4)57(46(61)62-32-34-15-12-11-13-16-34)30-35-18-23-41(53-43(58)36-19-21-38(50)22-20-36)40(27-35)42-52-24-26-55(42)31-39-17-14-25-56(39)44(59)37(29-51)28-49(8,9)54(10)45(60)63-48(5,6)7/h11-13,15-16,18-24,26-28,33,39H,14,17,25,30-32H2,1-10H3,(H,53,58)/t33-,39?/m0/s1. The zero-order valence-electron chi connectivity index (χ0n) is 38.1. The number of carbonyl (C=O) groups excluding carboxylic acids is 4. The second-order valence-corrected chi connectivity index (χ2v) is 19.0. The third-order valence-electron chi connectivity index (χ3n) is 11.3. The van der Waals surface area contributed by atoms with E-state index >= 15 is 0 Å². The molecule has 3 aromatic carbocycles. The quantitative estimate of drug-likeness (QED) is 0.103. The molecule has 1 fully saturated rings. The van der Waals surface area contributed by atoms with E-state index in [0.717, 1.165) is 17.5 Å². The van der Waals surface area contributed by atoms with Crippen LogP contribution in [0, 0.1) is 16.7 Å². The first kappa shape index (κ1) is 47.9. The van der Waals surface area contributed by atoms with E-state index in [-0.39, 0.29) is 42.1 Å². The van der Waals surface area contributed by atoms with Crippen LogP contribution >= 0.6 is 11.6 Å². The van der Waals surface area contributed by atoms with E-state index in [0.29, 0.717) is 47.2 Å². The molecule has 4 amide bonds. The van der Waals surface area contributed by atoms with Gasteiger partial charge in [0.15, 0.2) is 0 Å². The lowest BCUT2D eigenvalue weighted by atomic mass is 9.87. The number of hydrogen-bond acceptors (Lipinski definition) is 8. The summed E-state index contributed by atoms with van der Waals surface area (Å²) in [5.41, 5.74) is 1.03. The van der Waals surface area contributed by atoms with E-state index < -0.39 is 29.2 Å². The first-order valence-corrected chi connectivity index (χ1v) is 21.5. The minimum Gasteiger partial charge on any atom is -0.445 e. The number of nitriles is 1. The molecule has 63 heavy (non-hydrogen) atoms. The fourth-order valence-electron chi connectivity index (χ4n) is 7.14. The van der Waals surface area contributed by atoms with Crippen molar-refractivity contribution in [2.45, 2.75) is 118 Å². The molecule has 1 N–H and O–H groups in total. The molecule has 14 heteroatoms. The Morgan fingerprint density at radius 2 is 1.65 bits per heavy atom. The van der Waals surface area contributed by atoms with Gasteiger partial charge < -0.3 is 34.1 Å². The van der Waals surface area contributed by atoms with E-state index in [1.165, 1.54) is 11.0 Å². The lowest BCUT2D eigenvalue weighted by Gasteiger charge is -2.37. The fourth-order valence-corrected chi connectivity index (χ4v) is 7.26. The Morgan fingerprint density at radius 1 is 0.968 bits per heavy atom. The third-order valence-corrected chi connectivity index (χ3v) is 11.6. The number of amides is 4. The zero-order chi connectivity index (χ0) is 46.3. The summed E-state index contributed by atoms with van der Waals surface area (Å²) in [7, 11) is 1.57. The fraction of sp³-hybridized carbons (Fsp3) is 0.429. The van der Waals surface area contributed by atoms with Crippen LogP contribution < -0.4 is 5.32 Å². The summed E-state index contributed by atoms with van der Waals surface area (Å²) in [5.74, 6) is -0.256. The third kappa shape index (κ3) is 12.5. The molecule has 0 spiro atoms. The number of aromatic nitrogens is 2. The largest absolute Gasteiger partial charge is 0.445 e. The van der Waals surface area contributed by atoms with Gasteiger partial charge in [-0.1, -0.05) is 68.8 Å². The second kappa shape index (κ2) is 19.9. The van der Waals surface area contributed by atoms with Crippen LogP contribution in [0.2, 0.25) is 5.02 Å². The number of likely N-dealkylation sites (N-methyl/N-ethyl adjacent to an activating group) is 1. The van der Waals surface area contributed by atoms with Crippen LogP contribution in [0.15, 0.2) is 96.8 Å². The lowest BCUT2D eigenvalue weighted by molar-refractivity contribution is -0.127. The molecule has 2 heterocycles. The highest BCUT2D eigenvalue weighted by molar-refractivity contribution is 6.30. The summed E-state index contributed by atoms with van der Waals surface area (Å²) in [5, 5.41) is 13.8. The summed E-state index contributed by atoms with van der Waals surface area (Å²) in [6.45, 7) is 18.1. The predicted octanol–water partition coefficient (Wildman–Crippen LogP) is 10.1. The van der Waals surface area contributed by atoms with Crippen molar-refractivity contribution in [3.8, 4) is 17.5 Å². The monoisotopic (exact) mass is 877 g/mol. The maximum absolute atomic E-state index is 14.1. The molecule has 13 nitrogen and oxygen atoms in total. The van der Waals surface area contributed by atoms with Crippen molar-refractivity contribution in [3.05, 3.63) is 119 Å². The summed E-state index contributed by atoms with van der Waals surface area (Å²) < 4.78 is 13.3. The second-order valence-electron chi connectivity index (χ2n) is 18.6. The number of benzene rings is 3. The topological polar surface area (TPSA) is 150 Å². The zero-order valence-corrected chi connectivity index (χ0v) is 38.8. The van der Waals surface area contributed by atoms with Gasteiger partial charge in [0.1, 0.15) is 29.7 Å². The van der Waals surface area contributed by atoms with Crippen molar-refractivity contribution >= 4 is 41.3 Å². The Kier molecular flexibility index (Phi) is 15.2. The molecule has 334 valence electrons. The molecule has 0 saturated carbocycles. The number of nitrogens with zero attached hydrogens (tertiary/aromatic N) is 6. The number of rotatable bonds is 13. The number of imidazole rings is 1. The highest BCUT2D eigenvalue weighted by Gasteiger charge is 2.36. The van der Waals surface area contributed by atoms with Crippen LogP contribution in [0.3, 0.4) is 0 Å². The molecule has 1 unspecified atom stereocenters. The van der Waals surface area contributed by atoms with E-state index in [9.17, 15) is 24.4 Å². The first-order chi connectivity index (χ1) is 29.6. The molecule has 0 bridgehead atoms. The van der Waals surface area contributed by atoms with Crippen LogP contribution in [0.5, 0.6) is 0 Å². The number of carbonyl (C=O) groups is 4. The van der Waals surface area contributed by atoms with Gasteiger partial charge in [0.05, 0.1) is 17.3 Å². The summed E-state index contributed by atoms with van der Waals surface area (Å²) in [6, 6.07) is 23.3. The average molecular weight is 879 g/mol. The predicted molar refractivity (Wildman–Crippen MR) is 245 cm³/mol. The molecular formula is C49H60ClN7O6. The molecule has 1 aliphatic heterocycles. The number of hydrogen-bond donors (Lipinski definition) is 1. The van der Waals surface area contributed by atoms with Crippen molar-refractivity contribution < 1.29 is 28.7 Å². The smallest absolute Gasteiger partial charge is 0.410 e. The normalized spacial score (nSPS) is 15.0. The molecule has 0 radical (unpaired) electrons. The van der Waals surface area contributed by atoms with Crippen LogP contribution in [0.1, 0.15) is 96.6 Å². The van der Waals surface area contributed by atoms with E-state index in [1.54, 1.807) is 88.0 Å². The van der Waals surface area contributed by atoms with Gasteiger partial charge in [0, 0.05) is 61.3 Å². The molecule has 1 aliphatic rings. The van der Waals surface area contributed by atoms with Crippen molar-refractivity contribution in [1.82, 2.24) is 24.3 Å². The van der Waals surface area contributed by atoms with Gasteiger partial charge in [0.25, 0.3) is 11.8 Å². The number of likely N-dealkylation sites (tertiary alicyclic amines) is 1. The van der Waals surface area contributed by atoms with Gasteiger partial charge >= 0.3 is 12.2 Å². The van der Waals surface area contributed by atoms with Crippen molar-refractivity contribution in [2.24, 2.45) is 5.41 Å². The van der Waals surface area contributed by atoms with Crippen LogP contribution in [-0.4, -0.2) is 85.1 Å².